The van der Waals surface area contributed by atoms with E-state index in [2.05, 4.69) is 121 Å². The Labute approximate surface area is 629 Å². The first-order valence-corrected chi connectivity index (χ1v) is 38.4. The number of anilines is 1. The molecule has 27 heteroatoms. The van der Waals surface area contributed by atoms with Crippen molar-refractivity contribution >= 4 is 50.4 Å². The second kappa shape index (κ2) is 34.4. The van der Waals surface area contributed by atoms with E-state index in [1.807, 2.05) is 38.1 Å². The highest BCUT2D eigenvalue weighted by Crippen LogP contribution is 2.53. The van der Waals surface area contributed by atoms with E-state index < -0.39 is 172 Å². The Balaban J connectivity index is 0.718. The van der Waals surface area contributed by atoms with Crippen LogP contribution in [0.2, 0.25) is 0 Å². The number of aliphatic hydroxyl groups excluding tert-OH is 10. The number of hydrogen-bond donors (Lipinski definition) is 12. The highest BCUT2D eigenvalue weighted by atomic mass is 16.7. The topological polar surface area (TPSA) is 368 Å². The van der Waals surface area contributed by atoms with E-state index >= 15 is 0 Å². The number of hydrogen-bond acceptors (Lipinski definition) is 24. The first-order chi connectivity index (χ1) is 52.1. The molecule has 12 fully saturated rings. The van der Waals surface area contributed by atoms with Gasteiger partial charge in [0.1, 0.15) is 109 Å². The molecule has 4 aromatic carbocycles. The van der Waals surface area contributed by atoms with Gasteiger partial charge < -0.3 is 119 Å². The maximum absolute atomic E-state index is 14.7. The number of rotatable bonds is 22. The number of amides is 2. The van der Waals surface area contributed by atoms with E-state index in [9.17, 15) is 60.7 Å². The first-order valence-electron chi connectivity index (χ1n) is 38.4. The molecule has 19 rings (SSSR count). The van der Waals surface area contributed by atoms with Gasteiger partial charge in [-0.1, -0.05) is 74.5 Å². The Bertz CT molecular complexity index is 3990. The van der Waals surface area contributed by atoms with Crippen LogP contribution < -0.4 is 15.5 Å². The zero-order valence-electron chi connectivity index (χ0n) is 62.5. The summed E-state index contributed by atoms with van der Waals surface area (Å²) in [7, 11) is 1.69. The third kappa shape index (κ3) is 15.6. The molecule has 4 aromatic rings. The van der Waals surface area contributed by atoms with Gasteiger partial charge in [-0.15, -0.1) is 0 Å². The fraction of sp³-hybridized carbons (Fsp3) is 0.617. The standard InChI is InChI=1S/C81H108N4O23/c1-43(76(96)82-33-15-37-101-70-54-24-14-36-99-71-55(39-86)105-78(66(93)65(71)92)107-74(67(70)94)58(42-89)104-54)84-51-29-25-45-17-8-10-21-49(45)61(51)80(3,4)59(84)31-27-47-19-12-20-48(69(47)98-7)28-32-60-81(5,6)62-50-22-11-9-18-46(50)26-30-52(62)85(60)44(2)77(97)83-34-16-38-102-75-68(95)72-56(40-87)106-79(75)108-73-57(41-88)103-53(23-13-35-100-72)63(90)64(73)91/h8-11,17-18,21-22,25-32,43-44,53-58,63-68,70-75,78-79,86-95H,12-16,19-20,23-24,33-42H2,1-7H3,(H-,82,83,96,97)/p+1/t43?,44?,53-,54-,55-,56-,57-,58-,63+,64-,65-,66-,67-,68+,70+,71-,72-,73-,74?,75-,78-,79-/m1/s1. The lowest BCUT2D eigenvalue weighted by Gasteiger charge is -2.47. The third-order valence-electron chi connectivity index (χ3n) is 23.3. The van der Waals surface area contributed by atoms with E-state index in [0.717, 1.165) is 78.8 Å². The summed E-state index contributed by atoms with van der Waals surface area (Å²) in [6, 6.07) is 23.4. The number of nitrogens with zero attached hydrogens (tertiary/aromatic N) is 2. The average Bonchev–Trinajstić information content (AvgIpc) is 1.57. The molecule has 22 atom stereocenters. The van der Waals surface area contributed by atoms with Crippen LogP contribution in [0.1, 0.15) is 110 Å². The summed E-state index contributed by atoms with van der Waals surface area (Å²) in [5.41, 5.74) is 6.53. The third-order valence-corrected chi connectivity index (χ3v) is 23.3. The van der Waals surface area contributed by atoms with Crippen molar-refractivity contribution < 1.29 is 117 Å². The molecule has 0 spiro atoms. The van der Waals surface area contributed by atoms with Gasteiger partial charge in [-0.25, -0.2) is 0 Å². The number of ether oxygens (including phenoxy) is 11. The Morgan fingerprint density at radius 3 is 1.78 bits per heavy atom. The minimum Gasteiger partial charge on any atom is -0.496 e. The number of allylic oxidation sites excluding steroid dienone is 7. The monoisotopic (exact) mass is 1510 g/mol. The van der Waals surface area contributed by atoms with Crippen molar-refractivity contribution in [1.29, 1.82) is 0 Å². The molecule has 12 saturated heterocycles. The second-order valence-electron chi connectivity index (χ2n) is 30.9. The van der Waals surface area contributed by atoms with Gasteiger partial charge in [0.05, 0.1) is 51.2 Å². The van der Waals surface area contributed by atoms with Crippen molar-refractivity contribution in [3.8, 4) is 0 Å². The Kier molecular flexibility index (Phi) is 25.4. The predicted molar refractivity (Wildman–Crippen MR) is 395 cm³/mol. The smallest absolute Gasteiger partial charge is 0.288 e. The van der Waals surface area contributed by atoms with Crippen LogP contribution >= 0.6 is 0 Å². The lowest BCUT2D eigenvalue weighted by atomic mass is 9.78. The van der Waals surface area contributed by atoms with E-state index in [4.69, 9.17) is 52.1 Å². The molecule has 27 nitrogen and oxygen atoms in total. The molecule has 12 N–H and O–H groups in total. The minimum absolute atomic E-state index is 0.00743. The summed E-state index contributed by atoms with van der Waals surface area (Å²) in [5.74, 6) is 0.259. The quantitative estimate of drug-likeness (QED) is 0.0396. The van der Waals surface area contributed by atoms with Crippen LogP contribution in [0.5, 0.6) is 0 Å². The average molecular weight is 1510 g/mol. The van der Waals surface area contributed by atoms with Gasteiger partial charge in [0.25, 0.3) is 5.91 Å². The van der Waals surface area contributed by atoms with Crippen molar-refractivity contribution in [3.05, 3.63) is 131 Å². The predicted octanol–water partition coefficient (Wildman–Crippen LogP) is 3.43. The maximum Gasteiger partial charge on any atom is 0.288 e. The summed E-state index contributed by atoms with van der Waals surface area (Å²) < 4.78 is 69.7. The largest absolute Gasteiger partial charge is 0.496 e. The molecule has 590 valence electrons. The summed E-state index contributed by atoms with van der Waals surface area (Å²) >= 11 is 0. The fourth-order valence-corrected chi connectivity index (χ4v) is 17.7. The summed E-state index contributed by atoms with van der Waals surface area (Å²) in [4.78, 5) is 31.5. The zero-order valence-corrected chi connectivity index (χ0v) is 62.5. The van der Waals surface area contributed by atoms with Gasteiger partial charge in [-0.05, 0) is 141 Å². The molecule has 0 radical (unpaired) electrons. The molecule has 1 aliphatic carbocycles. The van der Waals surface area contributed by atoms with E-state index in [1.54, 1.807) is 7.11 Å². The van der Waals surface area contributed by atoms with Gasteiger partial charge in [-0.2, -0.15) is 4.58 Å². The number of aliphatic hydroxyl groups is 10. The Morgan fingerprint density at radius 1 is 0.574 bits per heavy atom. The van der Waals surface area contributed by atoms with Crippen molar-refractivity contribution in [2.24, 2.45) is 0 Å². The maximum atomic E-state index is 14.7. The molecule has 0 saturated carbocycles. The fourth-order valence-electron chi connectivity index (χ4n) is 17.7. The Morgan fingerprint density at radius 2 is 1.12 bits per heavy atom. The molecule has 3 unspecified atom stereocenters. The number of carbonyl (C=O) groups excluding carboxylic acids is 2. The number of nitrogens with one attached hydrogen (secondary N) is 2. The lowest BCUT2D eigenvalue weighted by molar-refractivity contribution is -0.463. The van der Waals surface area contributed by atoms with Gasteiger partial charge >= 0.3 is 0 Å². The molecule has 14 heterocycles. The van der Waals surface area contributed by atoms with Crippen LogP contribution in [0.3, 0.4) is 0 Å². The molecule has 2 amide bonds. The van der Waals surface area contributed by atoms with Crippen LogP contribution in [0.25, 0.3) is 21.5 Å². The molecule has 8 bridgehead atoms. The van der Waals surface area contributed by atoms with Gasteiger partial charge in [-0.3, -0.25) is 9.59 Å². The van der Waals surface area contributed by atoms with Gasteiger partial charge in [0.15, 0.2) is 18.3 Å². The lowest BCUT2D eigenvalue weighted by Crippen LogP contribution is -2.65. The summed E-state index contributed by atoms with van der Waals surface area (Å²) in [6.07, 6.45) is -11.1. The van der Waals surface area contributed by atoms with Crippen molar-refractivity contribution in [3.63, 3.8) is 0 Å². The molecule has 108 heavy (non-hydrogen) atoms. The highest BCUT2D eigenvalue weighted by Gasteiger charge is 2.56. The number of benzene rings is 4. The van der Waals surface area contributed by atoms with Crippen LogP contribution in [0.4, 0.5) is 11.4 Å². The SMILES string of the molecule is COC1=C(/C=C/C2=[N+](C(C)C(=O)NCCCO[C@H]3[C@H]4O[C@H]5[C@H](O)[C@@H](O)[C@@H](CCCO[C@@H]([C@@H]3O)[C@@H](CO)O4)O[C@@H]5CO)c3ccc4ccccc4c3C2(C)C)CCC/C1=C\C=C1\N(C(C)C(=O)NCCCO[C@H]2[C@H]3CCCO[C@H]4[C@H](O)[C@@H](O)[C@@H](OC([C@@H](CO)O3)[C@@H]2O)O[C@@H]4CO)c2ccc3ccccc3c2C1(C)C. The van der Waals surface area contributed by atoms with E-state index in [-0.39, 0.29) is 57.8 Å². The zero-order chi connectivity index (χ0) is 76.5. The highest BCUT2D eigenvalue weighted by molar-refractivity contribution is 6.08. The minimum atomic E-state index is -1.60. The van der Waals surface area contributed by atoms with Gasteiger partial charge in [0.2, 0.25) is 17.6 Å². The molecular weight excluding hydrogens is 1400 g/mol. The molecule has 0 aromatic heterocycles. The number of carbonyl (C=O) groups is 2. The van der Waals surface area contributed by atoms with Crippen LogP contribution in [-0.4, -0.2) is 281 Å². The van der Waals surface area contributed by atoms with Gasteiger partial charge in [0, 0.05) is 80.9 Å². The van der Waals surface area contributed by atoms with E-state index in [0.29, 0.717) is 44.9 Å². The second-order valence-corrected chi connectivity index (χ2v) is 30.9. The first kappa shape index (κ1) is 79.8. The van der Waals surface area contributed by atoms with Crippen molar-refractivity contribution in [2.75, 3.05) is 78.0 Å². The van der Waals surface area contributed by atoms with Crippen molar-refractivity contribution in [1.82, 2.24) is 10.6 Å². The summed E-state index contributed by atoms with van der Waals surface area (Å²) in [6.45, 7) is 11.1. The summed E-state index contributed by atoms with van der Waals surface area (Å²) in [5, 5.41) is 120. The number of methoxy groups -OCH3 is 1. The van der Waals surface area contributed by atoms with E-state index in [1.165, 1.54) is 0 Å². The molecule has 14 aliphatic heterocycles. The van der Waals surface area contributed by atoms with Crippen LogP contribution in [0.15, 0.2) is 120 Å². The van der Waals surface area contributed by atoms with Crippen molar-refractivity contribution in [2.45, 2.75) is 245 Å². The normalized spacial score (nSPS) is 34.8. The van der Waals surface area contributed by atoms with Crippen LogP contribution in [0, 0.1) is 0 Å². The molecule has 15 aliphatic rings. The Hall–Kier alpha value is -6.23. The molecular formula is C81H109N4O23+. The number of fused-ring (bicyclic) bond motifs is 6. The van der Waals surface area contributed by atoms with Crippen LogP contribution in [-0.2, 0) is 72.5 Å².